The molecule has 0 saturated heterocycles. The average Bonchev–Trinajstić information content (AvgIpc) is 2.24. The van der Waals surface area contributed by atoms with Gasteiger partial charge in [0.15, 0.2) is 0 Å². The quantitative estimate of drug-likeness (QED) is 0.684. The Labute approximate surface area is 102 Å². The first-order chi connectivity index (χ1) is 7.92. The first-order valence-corrected chi connectivity index (χ1v) is 5.64. The Hall–Kier alpha value is -1.70. The molecule has 2 amide bonds. The maximum atomic E-state index is 11.8. The molecule has 2 N–H and O–H groups in total. The van der Waals surface area contributed by atoms with Crippen LogP contribution in [0.25, 0.3) is 0 Å². The number of terminal acetylenes is 1. The Morgan fingerprint density at radius 3 is 2.41 bits per heavy atom. The summed E-state index contributed by atoms with van der Waals surface area (Å²) in [5.41, 5.74) is 0. The van der Waals surface area contributed by atoms with Gasteiger partial charge in [-0.3, -0.25) is 0 Å². The summed E-state index contributed by atoms with van der Waals surface area (Å²) in [7, 11) is 0. The van der Waals surface area contributed by atoms with Crippen molar-refractivity contribution in [2.45, 2.75) is 33.2 Å². The number of rotatable bonds is 6. The van der Waals surface area contributed by atoms with E-state index in [1.807, 2.05) is 20.8 Å². The van der Waals surface area contributed by atoms with Gasteiger partial charge in [0.1, 0.15) is 6.04 Å². The van der Waals surface area contributed by atoms with Gasteiger partial charge < -0.3 is 15.3 Å². The molecule has 96 valence electrons. The molecule has 17 heavy (non-hydrogen) atoms. The van der Waals surface area contributed by atoms with Gasteiger partial charge in [0.05, 0.1) is 0 Å². The number of hydrogen-bond acceptors (Lipinski definition) is 2. The molecule has 1 unspecified atom stereocenters. The van der Waals surface area contributed by atoms with Crippen LogP contribution in [0.4, 0.5) is 4.79 Å². The molecule has 5 heteroatoms. The molecular formula is C12H20N2O3. The summed E-state index contributed by atoms with van der Waals surface area (Å²) in [5.74, 6) is 1.45. The minimum atomic E-state index is -1.11. The smallest absolute Gasteiger partial charge is 0.327 e. The van der Waals surface area contributed by atoms with Crippen LogP contribution in [0, 0.1) is 18.3 Å². The summed E-state index contributed by atoms with van der Waals surface area (Å²) in [6, 6.07) is -1.41. The van der Waals surface area contributed by atoms with Crippen LogP contribution in [0.3, 0.4) is 0 Å². The van der Waals surface area contributed by atoms with Gasteiger partial charge in [0, 0.05) is 19.5 Å². The number of amides is 2. The molecule has 0 bridgehead atoms. The average molecular weight is 240 g/mol. The topological polar surface area (TPSA) is 69.6 Å². The van der Waals surface area contributed by atoms with Crippen molar-refractivity contribution >= 4 is 12.0 Å². The lowest BCUT2D eigenvalue weighted by atomic mass is 10.2. The number of carboxylic acids is 1. The maximum Gasteiger partial charge on any atom is 0.327 e. The molecule has 0 heterocycles. The molecule has 0 saturated carbocycles. The molecule has 0 aliphatic carbocycles. The Morgan fingerprint density at radius 2 is 2.06 bits per heavy atom. The number of urea groups is 1. The van der Waals surface area contributed by atoms with Crippen LogP contribution in [0.1, 0.15) is 27.2 Å². The highest BCUT2D eigenvalue weighted by Gasteiger charge is 2.21. The number of carbonyl (C=O) groups excluding carboxylic acids is 1. The fraction of sp³-hybridized carbons (Fsp3) is 0.667. The van der Waals surface area contributed by atoms with Gasteiger partial charge in [-0.15, -0.1) is 12.3 Å². The van der Waals surface area contributed by atoms with Gasteiger partial charge >= 0.3 is 12.0 Å². The van der Waals surface area contributed by atoms with Crippen molar-refractivity contribution < 1.29 is 14.7 Å². The highest BCUT2D eigenvalue weighted by Crippen LogP contribution is 2.00. The van der Waals surface area contributed by atoms with Crippen molar-refractivity contribution in [2.75, 3.05) is 13.1 Å². The monoisotopic (exact) mass is 240 g/mol. The number of nitrogens with zero attached hydrogens (tertiary/aromatic N) is 1. The van der Waals surface area contributed by atoms with Crippen LogP contribution in [-0.2, 0) is 4.79 Å². The lowest BCUT2D eigenvalue weighted by Gasteiger charge is -2.24. The van der Waals surface area contributed by atoms with Crippen molar-refractivity contribution in [1.82, 2.24) is 10.2 Å². The van der Waals surface area contributed by atoms with E-state index >= 15 is 0 Å². The van der Waals surface area contributed by atoms with Crippen LogP contribution in [0.2, 0.25) is 0 Å². The van der Waals surface area contributed by atoms with Gasteiger partial charge in [-0.1, -0.05) is 13.8 Å². The minimum Gasteiger partial charge on any atom is -0.480 e. The second-order valence-electron chi connectivity index (χ2n) is 4.18. The predicted molar refractivity (Wildman–Crippen MR) is 65.5 cm³/mol. The standard InChI is InChI=1S/C12H20N2O3/c1-5-7-10(11(15)16)13-12(17)14(6-2)8-9(3)4/h1,9-10H,6-8H2,2-4H3,(H,13,17)(H,15,16). The van der Waals surface area contributed by atoms with Crippen LogP contribution >= 0.6 is 0 Å². The van der Waals surface area contributed by atoms with E-state index in [-0.39, 0.29) is 12.5 Å². The third-order valence-electron chi connectivity index (χ3n) is 2.17. The van der Waals surface area contributed by atoms with Crippen LogP contribution < -0.4 is 5.32 Å². The highest BCUT2D eigenvalue weighted by atomic mass is 16.4. The molecule has 0 rings (SSSR count). The third kappa shape index (κ3) is 5.81. The van der Waals surface area contributed by atoms with E-state index in [9.17, 15) is 9.59 Å². The molecular weight excluding hydrogens is 220 g/mol. The van der Waals surface area contributed by atoms with Gasteiger partial charge in [-0.05, 0) is 12.8 Å². The van der Waals surface area contributed by atoms with Crippen LogP contribution in [0.5, 0.6) is 0 Å². The maximum absolute atomic E-state index is 11.8. The molecule has 0 aliphatic heterocycles. The van der Waals surface area contributed by atoms with Gasteiger partial charge in [0.2, 0.25) is 0 Å². The normalized spacial score (nSPS) is 11.7. The minimum absolute atomic E-state index is 0.0136. The summed E-state index contributed by atoms with van der Waals surface area (Å²) in [6.45, 7) is 6.95. The largest absolute Gasteiger partial charge is 0.480 e. The Balaban J connectivity index is 4.47. The second-order valence-corrected chi connectivity index (χ2v) is 4.18. The summed E-state index contributed by atoms with van der Waals surface area (Å²) in [6.07, 6.45) is 5.04. The van der Waals surface area contributed by atoms with E-state index in [1.165, 1.54) is 0 Å². The Morgan fingerprint density at radius 1 is 1.47 bits per heavy atom. The van der Waals surface area contributed by atoms with Gasteiger partial charge in [-0.25, -0.2) is 9.59 Å². The predicted octanol–water partition coefficient (Wildman–Crippen LogP) is 1.15. The number of carbonyl (C=O) groups is 2. The van der Waals surface area contributed by atoms with E-state index in [2.05, 4.69) is 11.2 Å². The van der Waals surface area contributed by atoms with Crippen molar-refractivity contribution in [1.29, 1.82) is 0 Å². The molecule has 0 aromatic carbocycles. The van der Waals surface area contributed by atoms with E-state index in [1.54, 1.807) is 4.90 Å². The van der Waals surface area contributed by atoms with Crippen molar-refractivity contribution in [3.63, 3.8) is 0 Å². The summed E-state index contributed by atoms with van der Waals surface area (Å²) >= 11 is 0. The first kappa shape index (κ1) is 15.3. The Kier molecular flexibility index (Phi) is 6.80. The first-order valence-electron chi connectivity index (χ1n) is 5.64. The molecule has 5 nitrogen and oxygen atoms in total. The second kappa shape index (κ2) is 7.55. The lowest BCUT2D eigenvalue weighted by molar-refractivity contribution is -0.139. The lowest BCUT2D eigenvalue weighted by Crippen LogP contribution is -2.48. The zero-order valence-electron chi connectivity index (χ0n) is 10.6. The summed E-state index contributed by atoms with van der Waals surface area (Å²) in [5, 5.41) is 11.3. The summed E-state index contributed by atoms with van der Waals surface area (Å²) in [4.78, 5) is 24.2. The zero-order valence-corrected chi connectivity index (χ0v) is 10.6. The zero-order chi connectivity index (χ0) is 13.4. The number of hydrogen-bond donors (Lipinski definition) is 2. The molecule has 1 atom stereocenters. The van der Waals surface area contributed by atoms with Gasteiger partial charge in [-0.2, -0.15) is 0 Å². The van der Waals surface area contributed by atoms with E-state index in [0.717, 1.165) is 0 Å². The molecule has 0 radical (unpaired) electrons. The van der Waals surface area contributed by atoms with E-state index in [0.29, 0.717) is 19.0 Å². The number of aliphatic carboxylic acids is 1. The number of carboxylic acid groups (broad SMARTS) is 1. The fourth-order valence-corrected chi connectivity index (χ4v) is 1.35. The highest BCUT2D eigenvalue weighted by molar-refractivity contribution is 5.82. The molecule has 0 spiro atoms. The van der Waals surface area contributed by atoms with Crippen LogP contribution in [0.15, 0.2) is 0 Å². The molecule has 0 aliphatic rings. The van der Waals surface area contributed by atoms with Crippen molar-refractivity contribution in [2.24, 2.45) is 5.92 Å². The fourth-order valence-electron chi connectivity index (χ4n) is 1.35. The molecule has 0 aromatic rings. The Bertz CT molecular complexity index is 307. The molecule has 0 aromatic heterocycles. The summed E-state index contributed by atoms with van der Waals surface area (Å²) < 4.78 is 0. The van der Waals surface area contributed by atoms with Crippen LogP contribution in [-0.4, -0.2) is 41.1 Å². The number of nitrogens with one attached hydrogen (secondary N) is 1. The van der Waals surface area contributed by atoms with Crippen molar-refractivity contribution in [3.05, 3.63) is 0 Å². The van der Waals surface area contributed by atoms with E-state index in [4.69, 9.17) is 11.5 Å². The van der Waals surface area contributed by atoms with Gasteiger partial charge in [0.25, 0.3) is 0 Å². The van der Waals surface area contributed by atoms with E-state index < -0.39 is 12.0 Å². The SMILES string of the molecule is C#CCC(NC(=O)N(CC)CC(C)C)C(=O)O. The molecule has 0 fully saturated rings. The van der Waals surface area contributed by atoms with Crippen molar-refractivity contribution in [3.8, 4) is 12.3 Å². The third-order valence-corrected chi connectivity index (χ3v) is 2.17.